The van der Waals surface area contributed by atoms with Gasteiger partial charge < -0.3 is 24.7 Å². The molecule has 4 aliphatic rings. The molecule has 0 aliphatic carbocycles. The molecule has 0 unspecified atom stereocenters. The lowest BCUT2D eigenvalue weighted by Crippen LogP contribution is -2.44. The molecule has 16 heteroatoms. The van der Waals surface area contributed by atoms with E-state index in [4.69, 9.17) is 24.7 Å². The molecule has 0 amide bonds. The number of hydrogen-bond acceptors (Lipinski definition) is 13. The molecule has 0 atom stereocenters. The third kappa shape index (κ3) is 3.83. The molecule has 16 nitrogen and oxygen atoms in total. The summed E-state index contributed by atoms with van der Waals surface area (Å²) in [5, 5.41) is 34.6. The Labute approximate surface area is 226 Å². The highest BCUT2D eigenvalue weighted by molar-refractivity contribution is 5.58. The van der Waals surface area contributed by atoms with Gasteiger partial charge in [0.1, 0.15) is 22.9 Å². The molecule has 0 saturated carbocycles. The molecule has 6 heterocycles. The number of nitrogens with two attached hydrogens (primary N) is 1. The summed E-state index contributed by atoms with van der Waals surface area (Å²) >= 11 is 0. The van der Waals surface area contributed by atoms with Gasteiger partial charge in [0.15, 0.2) is 11.2 Å². The minimum atomic E-state index is -0.620. The molecule has 2 aromatic heterocycles. The van der Waals surface area contributed by atoms with E-state index >= 15 is 0 Å². The number of nitrogen functional groups attached to an aromatic ring is 1. The van der Waals surface area contributed by atoms with E-state index in [-0.39, 0.29) is 5.69 Å². The van der Waals surface area contributed by atoms with Gasteiger partial charge in [-0.2, -0.15) is 9.36 Å². The van der Waals surface area contributed by atoms with E-state index in [0.29, 0.717) is 62.2 Å². The minimum absolute atomic E-state index is 0.0262. The van der Waals surface area contributed by atoms with Crippen LogP contribution in [-0.2, 0) is 20.7 Å². The van der Waals surface area contributed by atoms with E-state index in [2.05, 4.69) is 31.1 Å². The van der Waals surface area contributed by atoms with Gasteiger partial charge in [0, 0.05) is 43.5 Å². The molecule has 2 N–H and O–H groups in total. The van der Waals surface area contributed by atoms with Crippen molar-refractivity contribution in [3.63, 3.8) is 0 Å². The van der Waals surface area contributed by atoms with Crippen molar-refractivity contribution in [2.45, 2.75) is 36.9 Å². The molecule has 2 aromatic carbocycles. The minimum Gasteiger partial charge on any atom is -0.477 e. The van der Waals surface area contributed by atoms with Crippen molar-refractivity contribution in [2.24, 2.45) is 0 Å². The number of anilines is 1. The summed E-state index contributed by atoms with van der Waals surface area (Å²) < 4.78 is 26.4. The first kappa shape index (κ1) is 24.3. The van der Waals surface area contributed by atoms with Crippen LogP contribution in [0.4, 0.5) is 11.4 Å². The Balaban J connectivity index is 0.000000133. The quantitative estimate of drug-likeness (QED) is 0.205. The number of aromatic nitrogens is 8. The molecule has 0 radical (unpaired) electrons. The van der Waals surface area contributed by atoms with Crippen LogP contribution in [-0.4, -0.2) is 71.8 Å². The molecule has 2 saturated heterocycles. The van der Waals surface area contributed by atoms with Crippen LogP contribution in [0.15, 0.2) is 36.4 Å². The summed E-state index contributed by atoms with van der Waals surface area (Å²) in [5.74, 6) is 2.60. The molecule has 2 fully saturated rings. The number of hydrogen-bond donors (Lipinski definition) is 1. The van der Waals surface area contributed by atoms with Crippen LogP contribution in [0.1, 0.15) is 37.3 Å². The predicted octanol–water partition coefficient (Wildman–Crippen LogP) is 1.61. The van der Waals surface area contributed by atoms with Crippen molar-refractivity contribution in [1.29, 1.82) is 0 Å². The summed E-state index contributed by atoms with van der Waals surface area (Å²) in [6.07, 6.45) is 2.78. The summed E-state index contributed by atoms with van der Waals surface area (Å²) in [6.45, 7) is 2.43. The van der Waals surface area contributed by atoms with E-state index in [9.17, 15) is 10.1 Å². The van der Waals surface area contributed by atoms with Gasteiger partial charge in [-0.15, -0.1) is 10.2 Å². The standard InChI is InChI=1S/C12H11N5O4.C12H13N5O2/c18-17(19)8-1-2-10-9(7-8)16-11(13-14-15-16)12(21-10)3-5-20-6-4-12;13-8-1-2-10-9(7-8)17-11(14-15-16-17)12(19-10)3-5-18-6-4-12/h1-2,7H,3-6H2;1-2,7H,3-6,13H2. The van der Waals surface area contributed by atoms with Crippen molar-refractivity contribution >= 4 is 11.4 Å². The fourth-order valence-corrected chi connectivity index (χ4v) is 5.49. The van der Waals surface area contributed by atoms with Crippen molar-refractivity contribution < 1.29 is 23.9 Å². The number of rotatable bonds is 1. The highest BCUT2D eigenvalue weighted by Crippen LogP contribution is 2.44. The highest BCUT2D eigenvalue weighted by atomic mass is 16.6. The zero-order valence-corrected chi connectivity index (χ0v) is 21.2. The summed E-state index contributed by atoms with van der Waals surface area (Å²) in [4.78, 5) is 10.5. The second kappa shape index (κ2) is 9.20. The van der Waals surface area contributed by atoms with Crippen molar-refractivity contribution in [3.05, 3.63) is 58.2 Å². The second-order valence-electron chi connectivity index (χ2n) is 9.88. The first-order valence-electron chi connectivity index (χ1n) is 12.8. The van der Waals surface area contributed by atoms with E-state index in [0.717, 1.165) is 30.1 Å². The summed E-state index contributed by atoms with van der Waals surface area (Å²) in [7, 11) is 0. The monoisotopic (exact) mass is 548 g/mol. The lowest BCUT2D eigenvalue weighted by Gasteiger charge is -2.39. The van der Waals surface area contributed by atoms with Crippen LogP contribution in [0, 0.1) is 10.1 Å². The van der Waals surface area contributed by atoms with Crippen LogP contribution >= 0.6 is 0 Å². The molecule has 2 spiro atoms. The highest BCUT2D eigenvalue weighted by Gasteiger charge is 2.47. The lowest BCUT2D eigenvalue weighted by atomic mass is 9.91. The maximum atomic E-state index is 10.9. The Morgan fingerprint density at radius 3 is 1.80 bits per heavy atom. The SMILES string of the molecule is Nc1ccc2c(c1)-n1nnnc1C1(CCOCC1)O2.O=[N+]([O-])c1ccc2c(c1)-n1nnnc1C1(CCOCC1)O2. The van der Waals surface area contributed by atoms with Crippen LogP contribution in [0.3, 0.4) is 0 Å². The third-order valence-electron chi connectivity index (χ3n) is 7.56. The summed E-state index contributed by atoms with van der Waals surface area (Å²) in [6, 6.07) is 9.94. The molecule has 206 valence electrons. The van der Waals surface area contributed by atoms with Gasteiger partial charge in [0.25, 0.3) is 5.69 Å². The second-order valence-corrected chi connectivity index (χ2v) is 9.88. The number of nitro benzene ring substituents is 1. The van der Waals surface area contributed by atoms with Gasteiger partial charge in [-0.1, -0.05) is 0 Å². The predicted molar refractivity (Wildman–Crippen MR) is 134 cm³/mol. The van der Waals surface area contributed by atoms with E-state index < -0.39 is 16.1 Å². The molecular weight excluding hydrogens is 524 g/mol. The fourth-order valence-electron chi connectivity index (χ4n) is 5.49. The number of benzene rings is 2. The van der Waals surface area contributed by atoms with Gasteiger partial charge in [-0.05, 0) is 45.1 Å². The Morgan fingerprint density at radius 2 is 1.27 bits per heavy atom. The van der Waals surface area contributed by atoms with Gasteiger partial charge in [0.05, 0.1) is 31.4 Å². The van der Waals surface area contributed by atoms with Crippen LogP contribution < -0.4 is 15.2 Å². The molecule has 0 bridgehead atoms. The van der Waals surface area contributed by atoms with Gasteiger partial charge in [-0.3, -0.25) is 10.1 Å². The zero-order valence-electron chi connectivity index (χ0n) is 21.2. The first-order chi connectivity index (χ1) is 19.5. The zero-order chi connectivity index (χ0) is 27.3. The van der Waals surface area contributed by atoms with Gasteiger partial charge in [0.2, 0.25) is 11.6 Å². The third-order valence-corrected chi connectivity index (χ3v) is 7.56. The molecule has 4 aromatic rings. The van der Waals surface area contributed by atoms with Crippen LogP contribution in [0.25, 0.3) is 11.4 Å². The average Bonchev–Trinajstić information content (AvgIpc) is 3.67. The number of nitro groups is 1. The van der Waals surface area contributed by atoms with Crippen LogP contribution in [0.5, 0.6) is 11.5 Å². The van der Waals surface area contributed by atoms with E-state index in [1.165, 1.54) is 16.8 Å². The molecule has 40 heavy (non-hydrogen) atoms. The average molecular weight is 549 g/mol. The van der Waals surface area contributed by atoms with Crippen molar-refractivity contribution in [3.8, 4) is 22.9 Å². The van der Waals surface area contributed by atoms with Gasteiger partial charge in [-0.25, -0.2) is 0 Å². The lowest BCUT2D eigenvalue weighted by molar-refractivity contribution is -0.384. The number of non-ortho nitro benzene ring substituents is 1. The van der Waals surface area contributed by atoms with Crippen LogP contribution in [0.2, 0.25) is 0 Å². The van der Waals surface area contributed by atoms with Gasteiger partial charge >= 0.3 is 0 Å². The van der Waals surface area contributed by atoms with E-state index in [1.54, 1.807) is 10.7 Å². The number of fused-ring (bicyclic) bond motifs is 8. The Morgan fingerprint density at radius 1 is 0.775 bits per heavy atom. The van der Waals surface area contributed by atoms with Crippen molar-refractivity contribution in [1.82, 2.24) is 40.4 Å². The fraction of sp³-hybridized carbons (Fsp3) is 0.417. The molecular formula is C24H24N10O6. The van der Waals surface area contributed by atoms with E-state index in [1.807, 2.05) is 18.2 Å². The van der Waals surface area contributed by atoms with Crippen molar-refractivity contribution in [2.75, 3.05) is 32.2 Å². The maximum Gasteiger partial charge on any atom is 0.271 e. The summed E-state index contributed by atoms with van der Waals surface area (Å²) in [5.41, 5.74) is 6.63. The maximum absolute atomic E-state index is 10.9. The Kier molecular flexibility index (Phi) is 5.60. The number of tetrazole rings is 2. The number of nitrogens with zero attached hydrogens (tertiary/aromatic N) is 9. The first-order valence-corrected chi connectivity index (χ1v) is 12.8. The Bertz CT molecular complexity index is 1590. The molecule has 8 rings (SSSR count). The number of ether oxygens (including phenoxy) is 4. The Hall–Kier alpha value is -4.70. The largest absolute Gasteiger partial charge is 0.477 e. The molecule has 4 aliphatic heterocycles. The normalized spacial score (nSPS) is 19.1. The smallest absolute Gasteiger partial charge is 0.271 e. The topological polar surface area (TPSA) is 193 Å².